The minimum atomic E-state index is 0.478. The molecule has 0 bridgehead atoms. The lowest BCUT2D eigenvalue weighted by atomic mass is 10.1. The Labute approximate surface area is 150 Å². The van der Waals surface area contributed by atoms with E-state index < -0.39 is 0 Å². The van der Waals surface area contributed by atoms with Gasteiger partial charge in [-0.15, -0.1) is 10.2 Å². The number of nitriles is 1. The first-order chi connectivity index (χ1) is 11.8. The summed E-state index contributed by atoms with van der Waals surface area (Å²) in [6, 6.07) is 19.9. The van der Waals surface area contributed by atoms with Crippen molar-refractivity contribution in [1.29, 1.82) is 5.26 Å². The second kappa shape index (κ2) is 8.00. The largest absolute Gasteiger partial charge is 0.274 e. The van der Waals surface area contributed by atoms with Crippen LogP contribution in [0.2, 0.25) is 5.02 Å². The highest BCUT2D eigenvalue weighted by atomic mass is 35.5. The van der Waals surface area contributed by atoms with Gasteiger partial charge < -0.3 is 0 Å². The van der Waals surface area contributed by atoms with Crippen molar-refractivity contribution < 1.29 is 0 Å². The molecule has 0 radical (unpaired) electrons. The molecule has 3 rings (SSSR count). The Bertz CT molecular complexity index is 838. The normalized spacial score (nSPS) is 10.5. The maximum Gasteiger partial charge on any atom is 0.195 e. The van der Waals surface area contributed by atoms with Crippen LogP contribution in [-0.2, 0) is 6.42 Å². The fourth-order valence-electron chi connectivity index (χ4n) is 2.32. The standard InChI is InChI=1S/C18H15ClN4S/c19-15-7-9-16(10-8-15)23-17(13-14-5-2-1-3-6-14)21-22-18(23)24-12-4-11-20/h1-3,5-10H,4,12-13H2. The summed E-state index contributed by atoms with van der Waals surface area (Å²) < 4.78 is 2.03. The summed E-state index contributed by atoms with van der Waals surface area (Å²) in [6.07, 6.45) is 1.17. The average molecular weight is 355 g/mol. The summed E-state index contributed by atoms with van der Waals surface area (Å²) in [4.78, 5) is 0. The second-order valence-corrected chi connectivity index (χ2v) is 6.63. The van der Waals surface area contributed by atoms with Gasteiger partial charge in [0.25, 0.3) is 0 Å². The van der Waals surface area contributed by atoms with Crippen LogP contribution in [0, 0.1) is 11.3 Å². The number of thioether (sulfide) groups is 1. The Morgan fingerprint density at radius 1 is 1.04 bits per heavy atom. The molecule has 0 aliphatic carbocycles. The third-order valence-corrected chi connectivity index (χ3v) is 4.62. The van der Waals surface area contributed by atoms with Crippen molar-refractivity contribution in [3.8, 4) is 11.8 Å². The van der Waals surface area contributed by atoms with Crippen molar-refractivity contribution in [3.63, 3.8) is 0 Å². The Morgan fingerprint density at radius 2 is 1.79 bits per heavy atom. The van der Waals surface area contributed by atoms with Crippen LogP contribution in [0.4, 0.5) is 0 Å². The van der Waals surface area contributed by atoms with E-state index in [1.54, 1.807) is 0 Å². The summed E-state index contributed by atoms with van der Waals surface area (Å²) in [6.45, 7) is 0. The van der Waals surface area contributed by atoms with Crippen molar-refractivity contribution in [1.82, 2.24) is 14.8 Å². The molecule has 24 heavy (non-hydrogen) atoms. The van der Waals surface area contributed by atoms with Gasteiger partial charge in [0.2, 0.25) is 0 Å². The minimum Gasteiger partial charge on any atom is -0.274 e. The summed E-state index contributed by atoms with van der Waals surface area (Å²) in [5.74, 6) is 1.55. The SMILES string of the molecule is N#CCCSc1nnc(Cc2ccccc2)n1-c1ccc(Cl)cc1. The van der Waals surface area contributed by atoms with E-state index in [1.165, 1.54) is 17.3 Å². The predicted molar refractivity (Wildman–Crippen MR) is 96.6 cm³/mol. The monoisotopic (exact) mass is 354 g/mol. The number of halogens is 1. The van der Waals surface area contributed by atoms with E-state index in [-0.39, 0.29) is 0 Å². The van der Waals surface area contributed by atoms with Crippen molar-refractivity contribution in [2.24, 2.45) is 0 Å². The summed E-state index contributed by atoms with van der Waals surface area (Å²) >= 11 is 7.54. The fourth-order valence-corrected chi connectivity index (χ4v) is 3.26. The summed E-state index contributed by atoms with van der Waals surface area (Å²) in [5, 5.41) is 18.9. The van der Waals surface area contributed by atoms with Crippen LogP contribution in [0.25, 0.3) is 5.69 Å². The smallest absolute Gasteiger partial charge is 0.195 e. The zero-order chi connectivity index (χ0) is 16.8. The first kappa shape index (κ1) is 16.6. The van der Waals surface area contributed by atoms with Gasteiger partial charge in [-0.3, -0.25) is 4.57 Å². The van der Waals surface area contributed by atoms with E-state index in [9.17, 15) is 0 Å². The molecule has 0 saturated carbocycles. The molecule has 0 N–H and O–H groups in total. The van der Waals surface area contributed by atoms with Crippen molar-refractivity contribution in [3.05, 3.63) is 71.0 Å². The maximum absolute atomic E-state index is 8.74. The predicted octanol–water partition coefficient (Wildman–Crippen LogP) is 4.52. The van der Waals surface area contributed by atoms with Gasteiger partial charge >= 0.3 is 0 Å². The summed E-state index contributed by atoms with van der Waals surface area (Å²) in [7, 11) is 0. The zero-order valence-electron chi connectivity index (χ0n) is 12.9. The highest BCUT2D eigenvalue weighted by Gasteiger charge is 2.14. The minimum absolute atomic E-state index is 0.478. The highest BCUT2D eigenvalue weighted by Crippen LogP contribution is 2.25. The Kier molecular flexibility index (Phi) is 5.52. The lowest BCUT2D eigenvalue weighted by Gasteiger charge is -2.10. The van der Waals surface area contributed by atoms with Gasteiger partial charge in [-0.1, -0.05) is 53.7 Å². The van der Waals surface area contributed by atoms with E-state index in [0.29, 0.717) is 23.6 Å². The molecule has 0 aliphatic heterocycles. The van der Waals surface area contributed by atoms with Gasteiger partial charge in [-0.25, -0.2) is 0 Å². The van der Waals surface area contributed by atoms with E-state index in [1.807, 2.05) is 47.0 Å². The molecule has 0 unspecified atom stereocenters. The van der Waals surface area contributed by atoms with E-state index in [2.05, 4.69) is 28.4 Å². The van der Waals surface area contributed by atoms with Crippen LogP contribution in [0.3, 0.4) is 0 Å². The zero-order valence-corrected chi connectivity index (χ0v) is 14.5. The van der Waals surface area contributed by atoms with Gasteiger partial charge in [0.05, 0.1) is 6.07 Å². The first-order valence-corrected chi connectivity index (χ1v) is 8.88. The van der Waals surface area contributed by atoms with Crippen LogP contribution in [0.5, 0.6) is 0 Å². The lowest BCUT2D eigenvalue weighted by Crippen LogP contribution is -2.04. The quantitative estimate of drug-likeness (QED) is 0.482. The third kappa shape index (κ3) is 3.97. The van der Waals surface area contributed by atoms with E-state index >= 15 is 0 Å². The molecule has 0 atom stereocenters. The molecule has 0 saturated heterocycles. The molecule has 0 spiro atoms. The van der Waals surface area contributed by atoms with Crippen molar-refractivity contribution in [2.45, 2.75) is 18.0 Å². The number of nitrogens with zero attached hydrogens (tertiary/aromatic N) is 4. The first-order valence-electron chi connectivity index (χ1n) is 7.52. The number of benzene rings is 2. The van der Waals surface area contributed by atoms with Crippen molar-refractivity contribution >= 4 is 23.4 Å². The van der Waals surface area contributed by atoms with E-state index in [4.69, 9.17) is 16.9 Å². The number of rotatable bonds is 6. The molecule has 3 aromatic rings. The van der Waals surface area contributed by atoms with Gasteiger partial charge in [-0.05, 0) is 29.8 Å². The van der Waals surface area contributed by atoms with Crippen LogP contribution in [0.15, 0.2) is 59.8 Å². The highest BCUT2D eigenvalue weighted by molar-refractivity contribution is 7.99. The molecule has 6 heteroatoms. The Balaban J connectivity index is 1.96. The van der Waals surface area contributed by atoms with Crippen LogP contribution < -0.4 is 0 Å². The topological polar surface area (TPSA) is 54.5 Å². The van der Waals surface area contributed by atoms with Gasteiger partial charge in [0, 0.05) is 29.3 Å². The molecular weight excluding hydrogens is 340 g/mol. The van der Waals surface area contributed by atoms with Crippen LogP contribution >= 0.6 is 23.4 Å². The molecule has 2 aromatic carbocycles. The second-order valence-electron chi connectivity index (χ2n) is 5.13. The number of aromatic nitrogens is 3. The van der Waals surface area contributed by atoms with Gasteiger partial charge in [0.1, 0.15) is 5.82 Å². The fraction of sp³-hybridized carbons (Fsp3) is 0.167. The molecule has 0 aliphatic rings. The molecule has 120 valence electrons. The average Bonchev–Trinajstić information content (AvgIpc) is 2.99. The molecule has 0 amide bonds. The molecule has 4 nitrogen and oxygen atoms in total. The third-order valence-electron chi connectivity index (χ3n) is 3.44. The van der Waals surface area contributed by atoms with Crippen LogP contribution in [-0.4, -0.2) is 20.5 Å². The number of hydrogen-bond donors (Lipinski definition) is 0. The number of hydrogen-bond acceptors (Lipinski definition) is 4. The molecule has 1 aromatic heterocycles. The summed E-state index contributed by atoms with van der Waals surface area (Å²) in [5.41, 5.74) is 2.14. The van der Waals surface area contributed by atoms with Crippen molar-refractivity contribution in [2.75, 3.05) is 5.75 Å². The molecule has 0 fully saturated rings. The van der Waals surface area contributed by atoms with Gasteiger partial charge in [-0.2, -0.15) is 5.26 Å². The van der Waals surface area contributed by atoms with Crippen LogP contribution in [0.1, 0.15) is 17.8 Å². The molecule has 1 heterocycles. The Hall–Kier alpha value is -2.29. The van der Waals surface area contributed by atoms with E-state index in [0.717, 1.165) is 16.7 Å². The molecular formula is C18H15ClN4S. The van der Waals surface area contributed by atoms with Gasteiger partial charge in [0.15, 0.2) is 5.16 Å². The lowest BCUT2D eigenvalue weighted by molar-refractivity contribution is 0.847. The Morgan fingerprint density at radius 3 is 2.50 bits per heavy atom. The maximum atomic E-state index is 8.74.